The summed E-state index contributed by atoms with van der Waals surface area (Å²) in [7, 11) is 3.25. The molecule has 0 saturated carbocycles. The van der Waals surface area contributed by atoms with Gasteiger partial charge in [-0.15, -0.1) is 0 Å². The molecule has 8 nitrogen and oxygen atoms in total. The van der Waals surface area contributed by atoms with Gasteiger partial charge in [0.15, 0.2) is 0 Å². The third-order valence-electron chi connectivity index (χ3n) is 2.87. The van der Waals surface area contributed by atoms with E-state index in [9.17, 15) is 14.9 Å². The number of H-pyrrole nitrogens is 1. The Morgan fingerprint density at radius 2 is 2.24 bits per heavy atom. The highest BCUT2D eigenvalue weighted by Crippen LogP contribution is 2.26. The largest absolute Gasteiger partial charge is 0.374 e. The van der Waals surface area contributed by atoms with Crippen molar-refractivity contribution >= 4 is 17.3 Å². The molecule has 0 aliphatic carbocycles. The van der Waals surface area contributed by atoms with E-state index in [2.05, 4.69) is 15.3 Å². The summed E-state index contributed by atoms with van der Waals surface area (Å²) in [6, 6.07) is 4.25. The van der Waals surface area contributed by atoms with Gasteiger partial charge in [-0.3, -0.25) is 14.9 Å². The van der Waals surface area contributed by atoms with Gasteiger partial charge in [-0.2, -0.15) is 0 Å². The van der Waals surface area contributed by atoms with E-state index in [1.54, 1.807) is 20.3 Å². The standard InChI is InChI=1S/C13H15N5O3/c1-17(2)13(19)9-3-4-12(18(20)21)11(5-9)15-7-10-6-14-8-16-10/h3-6,8,15H,7H2,1-2H3,(H,14,16). The van der Waals surface area contributed by atoms with Gasteiger partial charge in [-0.05, 0) is 12.1 Å². The predicted octanol–water partition coefficient (Wildman–Crippen LogP) is 1.63. The van der Waals surface area contributed by atoms with Gasteiger partial charge in [0.05, 0.1) is 23.5 Å². The van der Waals surface area contributed by atoms with E-state index in [0.29, 0.717) is 17.8 Å². The zero-order valence-electron chi connectivity index (χ0n) is 11.7. The summed E-state index contributed by atoms with van der Waals surface area (Å²) in [6.45, 7) is 0.348. The molecule has 0 spiro atoms. The van der Waals surface area contributed by atoms with Gasteiger partial charge in [0.2, 0.25) is 0 Å². The number of carbonyl (C=O) groups excluding carboxylic acids is 1. The van der Waals surface area contributed by atoms with Crippen LogP contribution in [0, 0.1) is 10.1 Å². The Morgan fingerprint density at radius 1 is 1.48 bits per heavy atom. The van der Waals surface area contributed by atoms with E-state index in [-0.39, 0.29) is 11.6 Å². The molecule has 1 heterocycles. The zero-order chi connectivity index (χ0) is 15.4. The van der Waals surface area contributed by atoms with Crippen LogP contribution in [0.25, 0.3) is 0 Å². The van der Waals surface area contributed by atoms with Crippen LogP contribution in [0.2, 0.25) is 0 Å². The third kappa shape index (κ3) is 3.35. The predicted molar refractivity (Wildman–Crippen MR) is 77.0 cm³/mol. The lowest BCUT2D eigenvalue weighted by Gasteiger charge is -2.12. The first-order valence-corrected chi connectivity index (χ1v) is 6.20. The summed E-state index contributed by atoms with van der Waals surface area (Å²) in [5.74, 6) is -0.213. The normalized spacial score (nSPS) is 10.2. The smallest absolute Gasteiger partial charge is 0.292 e. The van der Waals surface area contributed by atoms with E-state index in [1.807, 2.05) is 0 Å². The van der Waals surface area contributed by atoms with Crippen molar-refractivity contribution in [3.8, 4) is 0 Å². The van der Waals surface area contributed by atoms with Gasteiger partial charge in [0, 0.05) is 31.9 Å². The molecule has 0 radical (unpaired) electrons. The molecule has 2 rings (SSSR count). The van der Waals surface area contributed by atoms with Crippen LogP contribution in [-0.4, -0.2) is 39.8 Å². The van der Waals surface area contributed by atoms with Gasteiger partial charge in [-0.25, -0.2) is 4.98 Å². The van der Waals surface area contributed by atoms with E-state index in [0.717, 1.165) is 5.69 Å². The van der Waals surface area contributed by atoms with Crippen molar-refractivity contribution in [2.75, 3.05) is 19.4 Å². The van der Waals surface area contributed by atoms with Crippen LogP contribution in [0.5, 0.6) is 0 Å². The number of anilines is 1. The second-order valence-electron chi connectivity index (χ2n) is 4.62. The molecular formula is C13H15N5O3. The van der Waals surface area contributed by atoms with Gasteiger partial charge in [0.25, 0.3) is 11.6 Å². The molecule has 0 fully saturated rings. The average Bonchev–Trinajstić information content (AvgIpc) is 2.97. The van der Waals surface area contributed by atoms with Gasteiger partial charge in [0.1, 0.15) is 5.69 Å². The molecule has 1 aromatic carbocycles. The Labute approximate surface area is 121 Å². The fourth-order valence-corrected chi connectivity index (χ4v) is 1.80. The number of rotatable bonds is 5. The monoisotopic (exact) mass is 289 g/mol. The van der Waals surface area contributed by atoms with Crippen LogP contribution in [0.15, 0.2) is 30.7 Å². The number of hydrogen-bond acceptors (Lipinski definition) is 5. The second kappa shape index (κ2) is 6.04. The molecule has 0 bridgehead atoms. The van der Waals surface area contributed by atoms with Crippen molar-refractivity contribution in [1.82, 2.24) is 14.9 Å². The van der Waals surface area contributed by atoms with Crippen LogP contribution in [0.1, 0.15) is 16.1 Å². The fourth-order valence-electron chi connectivity index (χ4n) is 1.80. The lowest BCUT2D eigenvalue weighted by atomic mass is 10.1. The number of aromatic amines is 1. The van der Waals surface area contributed by atoms with Crippen molar-refractivity contribution in [2.24, 2.45) is 0 Å². The summed E-state index contributed by atoms with van der Waals surface area (Å²) in [4.78, 5) is 30.7. The maximum Gasteiger partial charge on any atom is 0.292 e. The molecule has 0 saturated heterocycles. The molecule has 21 heavy (non-hydrogen) atoms. The first-order valence-electron chi connectivity index (χ1n) is 6.20. The summed E-state index contributed by atoms with van der Waals surface area (Å²) in [5.41, 5.74) is 1.39. The van der Waals surface area contributed by atoms with E-state index >= 15 is 0 Å². The van der Waals surface area contributed by atoms with Crippen LogP contribution in [-0.2, 0) is 6.54 Å². The molecule has 1 aromatic heterocycles. The molecule has 0 aliphatic rings. The Morgan fingerprint density at radius 3 is 2.81 bits per heavy atom. The summed E-state index contributed by atoms with van der Waals surface area (Å²) < 4.78 is 0. The number of aromatic nitrogens is 2. The first kappa shape index (κ1) is 14.5. The van der Waals surface area contributed by atoms with Crippen molar-refractivity contribution in [2.45, 2.75) is 6.54 Å². The number of nitrogens with one attached hydrogen (secondary N) is 2. The minimum Gasteiger partial charge on any atom is -0.374 e. The lowest BCUT2D eigenvalue weighted by Crippen LogP contribution is -2.21. The molecule has 0 aliphatic heterocycles. The molecular weight excluding hydrogens is 274 g/mol. The van der Waals surface area contributed by atoms with Gasteiger partial charge >= 0.3 is 0 Å². The molecule has 0 unspecified atom stereocenters. The van der Waals surface area contributed by atoms with Crippen LogP contribution >= 0.6 is 0 Å². The number of hydrogen-bond donors (Lipinski definition) is 2. The Balaban J connectivity index is 2.28. The Kier molecular flexibility index (Phi) is 4.17. The van der Waals surface area contributed by atoms with Crippen molar-refractivity contribution < 1.29 is 9.72 Å². The average molecular weight is 289 g/mol. The molecule has 1 amide bonds. The quantitative estimate of drug-likeness (QED) is 0.643. The number of benzene rings is 1. The maximum atomic E-state index is 11.9. The number of nitrogens with zero attached hydrogens (tertiary/aromatic N) is 3. The SMILES string of the molecule is CN(C)C(=O)c1ccc([N+](=O)[O-])c(NCc2cnc[nH]2)c1. The first-order chi connectivity index (χ1) is 9.99. The minimum atomic E-state index is -0.487. The highest BCUT2D eigenvalue weighted by atomic mass is 16.6. The van der Waals surface area contributed by atoms with E-state index in [1.165, 1.54) is 29.4 Å². The number of imidazole rings is 1. The highest BCUT2D eigenvalue weighted by Gasteiger charge is 2.17. The van der Waals surface area contributed by atoms with Crippen LogP contribution in [0.4, 0.5) is 11.4 Å². The minimum absolute atomic E-state index is 0.0789. The molecule has 2 aromatic rings. The molecule has 8 heteroatoms. The van der Waals surface area contributed by atoms with E-state index < -0.39 is 4.92 Å². The molecule has 110 valence electrons. The highest BCUT2D eigenvalue weighted by molar-refractivity contribution is 5.95. The van der Waals surface area contributed by atoms with Crippen LogP contribution in [0.3, 0.4) is 0 Å². The fraction of sp³-hybridized carbons (Fsp3) is 0.231. The van der Waals surface area contributed by atoms with Crippen LogP contribution < -0.4 is 5.32 Å². The maximum absolute atomic E-state index is 11.9. The topological polar surface area (TPSA) is 104 Å². The number of amides is 1. The van der Waals surface area contributed by atoms with Crippen molar-refractivity contribution in [3.63, 3.8) is 0 Å². The van der Waals surface area contributed by atoms with Crippen molar-refractivity contribution in [3.05, 3.63) is 52.1 Å². The lowest BCUT2D eigenvalue weighted by molar-refractivity contribution is -0.384. The third-order valence-corrected chi connectivity index (χ3v) is 2.87. The Bertz CT molecular complexity index is 652. The zero-order valence-corrected chi connectivity index (χ0v) is 11.7. The summed E-state index contributed by atoms with van der Waals surface area (Å²) in [6.07, 6.45) is 3.14. The van der Waals surface area contributed by atoms with Crippen molar-refractivity contribution in [1.29, 1.82) is 0 Å². The van der Waals surface area contributed by atoms with E-state index in [4.69, 9.17) is 0 Å². The molecule has 2 N–H and O–H groups in total. The second-order valence-corrected chi connectivity index (χ2v) is 4.62. The number of carbonyl (C=O) groups is 1. The summed E-state index contributed by atoms with van der Waals surface area (Å²) in [5, 5.41) is 14.0. The molecule has 0 atom stereocenters. The summed E-state index contributed by atoms with van der Waals surface area (Å²) >= 11 is 0. The van der Waals surface area contributed by atoms with Gasteiger partial charge < -0.3 is 15.2 Å². The number of nitro groups is 1. The van der Waals surface area contributed by atoms with Gasteiger partial charge in [-0.1, -0.05) is 0 Å². The Hall–Kier alpha value is -2.90. The number of nitro benzene ring substituents is 1.